The van der Waals surface area contributed by atoms with Gasteiger partial charge in [0.2, 0.25) is 5.91 Å². The second kappa shape index (κ2) is 6.07. The molecule has 0 bridgehead atoms. The number of hydrogen-bond acceptors (Lipinski definition) is 3. The molecule has 2 atom stereocenters. The van der Waals surface area contributed by atoms with Crippen LogP contribution in [0.25, 0.3) is 0 Å². The minimum atomic E-state index is -0.0638. The topological polar surface area (TPSA) is 46.3 Å². The van der Waals surface area contributed by atoms with E-state index in [4.69, 9.17) is 5.73 Å². The number of benzene rings is 1. The van der Waals surface area contributed by atoms with Gasteiger partial charge in [0, 0.05) is 25.0 Å². The molecule has 2 unspecified atom stereocenters. The first-order valence-electron chi connectivity index (χ1n) is 5.65. The van der Waals surface area contributed by atoms with Crippen molar-refractivity contribution >= 4 is 17.7 Å². The van der Waals surface area contributed by atoms with Gasteiger partial charge < -0.3 is 10.6 Å². The lowest BCUT2D eigenvalue weighted by Crippen LogP contribution is -2.29. The number of rotatable bonds is 4. The second-order valence-corrected chi connectivity index (χ2v) is 5.76. The number of nitrogens with zero attached hydrogens (tertiary/aromatic N) is 1. The third-order valence-corrected chi connectivity index (χ3v) is 3.61. The average molecular weight is 252 g/mol. The Kier molecular flexibility index (Phi) is 5.02. The van der Waals surface area contributed by atoms with Crippen LogP contribution in [0.1, 0.15) is 25.5 Å². The molecule has 0 spiro atoms. The highest BCUT2D eigenvalue weighted by molar-refractivity contribution is 8.00. The maximum absolute atomic E-state index is 11.7. The maximum Gasteiger partial charge on any atom is 0.235 e. The molecule has 3 nitrogen and oxygen atoms in total. The van der Waals surface area contributed by atoms with Crippen LogP contribution in [0, 0.1) is 0 Å². The normalized spacial score (nSPS) is 14.2. The third kappa shape index (κ3) is 4.06. The number of carbonyl (C=O) groups is 1. The zero-order chi connectivity index (χ0) is 13.0. The van der Waals surface area contributed by atoms with E-state index >= 15 is 0 Å². The highest BCUT2D eigenvalue weighted by Gasteiger charge is 2.15. The molecule has 2 N–H and O–H groups in total. The van der Waals surface area contributed by atoms with E-state index in [1.165, 1.54) is 0 Å². The van der Waals surface area contributed by atoms with Crippen molar-refractivity contribution in [2.45, 2.75) is 30.0 Å². The number of hydrogen-bond donors (Lipinski definition) is 1. The summed E-state index contributed by atoms with van der Waals surface area (Å²) >= 11 is 1.57. The minimum Gasteiger partial charge on any atom is -0.348 e. The van der Waals surface area contributed by atoms with E-state index in [9.17, 15) is 4.79 Å². The van der Waals surface area contributed by atoms with E-state index in [0.29, 0.717) is 0 Å². The van der Waals surface area contributed by atoms with Gasteiger partial charge in [-0.25, -0.2) is 0 Å². The van der Waals surface area contributed by atoms with Gasteiger partial charge in [-0.1, -0.05) is 12.1 Å². The summed E-state index contributed by atoms with van der Waals surface area (Å²) in [6.45, 7) is 3.88. The fourth-order valence-corrected chi connectivity index (χ4v) is 2.48. The van der Waals surface area contributed by atoms with Crippen molar-refractivity contribution < 1.29 is 4.79 Å². The molecule has 17 heavy (non-hydrogen) atoms. The van der Waals surface area contributed by atoms with E-state index in [1.807, 2.05) is 38.1 Å². The molecule has 1 amide bonds. The van der Waals surface area contributed by atoms with Crippen LogP contribution < -0.4 is 5.73 Å². The summed E-state index contributed by atoms with van der Waals surface area (Å²) in [6, 6.07) is 8.11. The second-order valence-electron chi connectivity index (χ2n) is 4.35. The number of carbonyl (C=O) groups excluding carboxylic acids is 1. The lowest BCUT2D eigenvalue weighted by Gasteiger charge is -2.16. The SMILES string of the molecule is CC(Sc1ccc(C(C)N)cc1)C(=O)N(C)C. The van der Waals surface area contributed by atoms with Crippen LogP contribution >= 0.6 is 11.8 Å². The van der Waals surface area contributed by atoms with E-state index in [0.717, 1.165) is 10.5 Å². The Hall–Kier alpha value is -1.00. The Bertz CT molecular complexity index is 374. The summed E-state index contributed by atoms with van der Waals surface area (Å²) in [6.07, 6.45) is 0. The highest BCUT2D eigenvalue weighted by atomic mass is 32.2. The molecule has 0 heterocycles. The molecule has 0 saturated carbocycles. The van der Waals surface area contributed by atoms with Gasteiger partial charge in [-0.15, -0.1) is 11.8 Å². The van der Waals surface area contributed by atoms with Gasteiger partial charge in [0.25, 0.3) is 0 Å². The molecule has 4 heteroatoms. The average Bonchev–Trinajstić information content (AvgIpc) is 2.28. The molecule has 0 aromatic heterocycles. The molecular weight excluding hydrogens is 232 g/mol. The Morgan fingerprint density at radius 2 is 1.76 bits per heavy atom. The fraction of sp³-hybridized carbons (Fsp3) is 0.462. The first kappa shape index (κ1) is 14.1. The molecule has 1 rings (SSSR count). The van der Waals surface area contributed by atoms with Crippen LogP contribution in [-0.4, -0.2) is 30.2 Å². The van der Waals surface area contributed by atoms with E-state index < -0.39 is 0 Å². The fourth-order valence-electron chi connectivity index (χ4n) is 1.47. The van der Waals surface area contributed by atoms with Crippen molar-refractivity contribution in [1.82, 2.24) is 4.90 Å². The monoisotopic (exact) mass is 252 g/mol. The molecule has 0 aliphatic carbocycles. The zero-order valence-corrected chi connectivity index (χ0v) is 11.6. The molecule has 0 aliphatic rings. The van der Waals surface area contributed by atoms with E-state index in [1.54, 1.807) is 30.8 Å². The van der Waals surface area contributed by atoms with Crippen molar-refractivity contribution in [2.75, 3.05) is 14.1 Å². The lowest BCUT2D eigenvalue weighted by atomic mass is 10.1. The molecule has 1 aromatic rings. The summed E-state index contributed by atoms with van der Waals surface area (Å²) in [5.74, 6) is 0.131. The third-order valence-electron chi connectivity index (χ3n) is 2.51. The molecule has 0 radical (unpaired) electrons. The van der Waals surface area contributed by atoms with Crippen LogP contribution in [0.2, 0.25) is 0 Å². The Morgan fingerprint density at radius 1 is 1.24 bits per heavy atom. The lowest BCUT2D eigenvalue weighted by molar-refractivity contribution is -0.127. The van der Waals surface area contributed by atoms with Crippen molar-refractivity contribution in [1.29, 1.82) is 0 Å². The van der Waals surface area contributed by atoms with Crippen LogP contribution in [0.15, 0.2) is 29.2 Å². The summed E-state index contributed by atoms with van der Waals surface area (Å²) in [7, 11) is 3.55. The smallest absolute Gasteiger partial charge is 0.235 e. The quantitative estimate of drug-likeness (QED) is 0.836. The van der Waals surface area contributed by atoms with Crippen LogP contribution in [0.5, 0.6) is 0 Å². The van der Waals surface area contributed by atoms with Gasteiger partial charge in [-0.05, 0) is 31.5 Å². The Morgan fingerprint density at radius 3 is 2.18 bits per heavy atom. The minimum absolute atomic E-state index is 0.0508. The van der Waals surface area contributed by atoms with Crippen LogP contribution in [0.4, 0.5) is 0 Å². The molecule has 94 valence electrons. The zero-order valence-electron chi connectivity index (χ0n) is 10.8. The van der Waals surface area contributed by atoms with E-state index in [-0.39, 0.29) is 17.2 Å². The number of amides is 1. The number of thioether (sulfide) groups is 1. The van der Waals surface area contributed by atoms with E-state index in [2.05, 4.69) is 0 Å². The molecule has 0 fully saturated rings. The van der Waals surface area contributed by atoms with Crippen molar-refractivity contribution in [2.24, 2.45) is 5.73 Å². The molecular formula is C13H20N2OS. The van der Waals surface area contributed by atoms with Crippen molar-refractivity contribution in [3.8, 4) is 0 Å². The summed E-state index contributed by atoms with van der Waals surface area (Å²) < 4.78 is 0. The summed E-state index contributed by atoms with van der Waals surface area (Å²) in [5.41, 5.74) is 6.90. The predicted molar refractivity (Wildman–Crippen MR) is 73.1 cm³/mol. The van der Waals surface area contributed by atoms with Crippen molar-refractivity contribution in [3.63, 3.8) is 0 Å². The largest absolute Gasteiger partial charge is 0.348 e. The Labute approximate surface area is 107 Å². The summed E-state index contributed by atoms with van der Waals surface area (Å²) in [4.78, 5) is 14.4. The van der Waals surface area contributed by atoms with Crippen LogP contribution in [-0.2, 0) is 4.79 Å². The number of nitrogens with two attached hydrogens (primary N) is 1. The van der Waals surface area contributed by atoms with Gasteiger partial charge in [-0.2, -0.15) is 0 Å². The molecule has 0 saturated heterocycles. The predicted octanol–water partition coefficient (Wildman–Crippen LogP) is 2.28. The molecule has 0 aliphatic heterocycles. The van der Waals surface area contributed by atoms with Gasteiger partial charge in [0.05, 0.1) is 5.25 Å². The first-order chi connectivity index (χ1) is 7.91. The standard InChI is InChI=1S/C13H20N2OS/c1-9(14)11-5-7-12(8-6-11)17-10(2)13(16)15(3)4/h5-10H,14H2,1-4H3. The summed E-state index contributed by atoms with van der Waals surface area (Å²) in [5, 5.41) is -0.0638. The van der Waals surface area contributed by atoms with Crippen LogP contribution in [0.3, 0.4) is 0 Å². The maximum atomic E-state index is 11.7. The van der Waals surface area contributed by atoms with Gasteiger partial charge in [0.1, 0.15) is 0 Å². The van der Waals surface area contributed by atoms with Gasteiger partial charge in [-0.3, -0.25) is 4.79 Å². The highest BCUT2D eigenvalue weighted by Crippen LogP contribution is 2.25. The van der Waals surface area contributed by atoms with Crippen molar-refractivity contribution in [3.05, 3.63) is 29.8 Å². The van der Waals surface area contributed by atoms with Gasteiger partial charge in [0.15, 0.2) is 0 Å². The van der Waals surface area contributed by atoms with Gasteiger partial charge >= 0.3 is 0 Å². The Balaban J connectivity index is 2.66. The molecule has 1 aromatic carbocycles. The first-order valence-corrected chi connectivity index (χ1v) is 6.53.